The molecule has 1 aromatic heterocycles. The van der Waals surface area contributed by atoms with Gasteiger partial charge in [-0.2, -0.15) is 0 Å². The van der Waals surface area contributed by atoms with E-state index in [1.807, 2.05) is 0 Å². The predicted octanol–water partition coefficient (Wildman–Crippen LogP) is 2.03. The van der Waals surface area contributed by atoms with E-state index >= 15 is 0 Å². The second kappa shape index (κ2) is 6.50. The molecule has 18 heavy (non-hydrogen) atoms. The molecule has 0 atom stereocenters. The molecule has 0 radical (unpaired) electrons. The first-order valence-corrected chi connectivity index (χ1v) is 7.39. The molecule has 0 spiro atoms. The molecule has 102 valence electrons. The van der Waals surface area contributed by atoms with Crippen LogP contribution < -0.4 is 10.2 Å². The highest BCUT2D eigenvalue weighted by molar-refractivity contribution is 7.15. The molecule has 2 rings (SSSR count). The number of hydrogen-bond donors (Lipinski definition) is 1. The van der Waals surface area contributed by atoms with Crippen LogP contribution in [0.3, 0.4) is 0 Å². The Morgan fingerprint density at radius 1 is 1.50 bits per heavy atom. The third kappa shape index (κ3) is 3.93. The van der Waals surface area contributed by atoms with E-state index in [-0.39, 0.29) is 0 Å². The molecule has 0 saturated heterocycles. The largest absolute Gasteiger partial charge is 0.383 e. The van der Waals surface area contributed by atoms with E-state index in [9.17, 15) is 0 Å². The number of nitrogens with one attached hydrogen (secondary N) is 1. The molecule has 0 unspecified atom stereocenters. The Hall–Kier alpha value is -0.650. The predicted molar refractivity (Wildman–Crippen MR) is 76.4 cm³/mol. The number of methoxy groups -OCH3 is 1. The number of nitrogens with zero attached hydrogens (tertiary/aromatic N) is 2. The van der Waals surface area contributed by atoms with Crippen molar-refractivity contribution in [3.63, 3.8) is 0 Å². The fourth-order valence-electron chi connectivity index (χ4n) is 1.88. The van der Waals surface area contributed by atoms with Crippen molar-refractivity contribution < 1.29 is 4.74 Å². The summed E-state index contributed by atoms with van der Waals surface area (Å²) in [5.74, 6) is 0.905. The molecule has 1 heterocycles. The number of ether oxygens (including phenoxy) is 1. The van der Waals surface area contributed by atoms with Crippen molar-refractivity contribution in [1.82, 2.24) is 10.3 Å². The third-order valence-electron chi connectivity index (χ3n) is 3.21. The Morgan fingerprint density at radius 3 is 2.94 bits per heavy atom. The van der Waals surface area contributed by atoms with Crippen LogP contribution in [0.2, 0.25) is 0 Å². The molecule has 5 heteroatoms. The van der Waals surface area contributed by atoms with E-state index < -0.39 is 0 Å². The molecule has 0 bridgehead atoms. The molecule has 4 nitrogen and oxygen atoms in total. The Balaban J connectivity index is 1.84. The van der Waals surface area contributed by atoms with Gasteiger partial charge in [-0.25, -0.2) is 4.98 Å². The van der Waals surface area contributed by atoms with Crippen LogP contribution >= 0.6 is 11.3 Å². The highest BCUT2D eigenvalue weighted by atomic mass is 32.1. The topological polar surface area (TPSA) is 37.4 Å². The van der Waals surface area contributed by atoms with Gasteiger partial charge in [0.1, 0.15) is 0 Å². The normalized spacial score (nSPS) is 15.1. The third-order valence-corrected chi connectivity index (χ3v) is 4.48. The summed E-state index contributed by atoms with van der Waals surface area (Å²) >= 11 is 1.81. The lowest BCUT2D eigenvalue weighted by Gasteiger charge is -2.14. The average molecular weight is 269 g/mol. The zero-order valence-electron chi connectivity index (χ0n) is 11.5. The lowest BCUT2D eigenvalue weighted by Crippen LogP contribution is -2.19. The SMILES string of the molecule is COCCNCc1sc(N(C)CC2CC2)nc1C. The second-order valence-electron chi connectivity index (χ2n) is 5.00. The molecular formula is C13H23N3OS. The van der Waals surface area contributed by atoms with Crippen molar-refractivity contribution in [2.45, 2.75) is 26.3 Å². The number of hydrogen-bond acceptors (Lipinski definition) is 5. The molecule has 0 aromatic carbocycles. The minimum Gasteiger partial charge on any atom is -0.383 e. The minimum atomic E-state index is 0.756. The number of rotatable bonds is 8. The summed E-state index contributed by atoms with van der Waals surface area (Å²) in [6.45, 7) is 5.79. The summed E-state index contributed by atoms with van der Waals surface area (Å²) in [5.41, 5.74) is 1.16. The van der Waals surface area contributed by atoms with Gasteiger partial charge < -0.3 is 15.0 Å². The Morgan fingerprint density at radius 2 is 2.28 bits per heavy atom. The minimum absolute atomic E-state index is 0.756. The highest BCUT2D eigenvalue weighted by Gasteiger charge is 2.24. The van der Waals surface area contributed by atoms with Gasteiger partial charge in [0, 0.05) is 38.7 Å². The summed E-state index contributed by atoms with van der Waals surface area (Å²) in [6.07, 6.45) is 2.78. The molecule has 0 amide bonds. The van der Waals surface area contributed by atoms with Gasteiger partial charge in [-0.3, -0.25) is 0 Å². The van der Waals surface area contributed by atoms with Crippen molar-refractivity contribution in [2.75, 3.05) is 38.8 Å². The van der Waals surface area contributed by atoms with Crippen molar-refractivity contribution in [1.29, 1.82) is 0 Å². The van der Waals surface area contributed by atoms with Crippen LogP contribution in [-0.4, -0.2) is 38.8 Å². The first-order chi connectivity index (χ1) is 8.70. The van der Waals surface area contributed by atoms with Crippen LogP contribution in [0.25, 0.3) is 0 Å². The maximum Gasteiger partial charge on any atom is 0.185 e. The van der Waals surface area contributed by atoms with Crippen molar-refractivity contribution in [2.24, 2.45) is 5.92 Å². The molecule has 0 aliphatic heterocycles. The highest BCUT2D eigenvalue weighted by Crippen LogP contribution is 2.32. The van der Waals surface area contributed by atoms with Gasteiger partial charge in [-0.15, -0.1) is 11.3 Å². The molecule has 1 aliphatic carbocycles. The molecule has 1 aromatic rings. The van der Waals surface area contributed by atoms with Gasteiger partial charge in [0.15, 0.2) is 5.13 Å². The number of aryl methyl sites for hydroxylation is 1. The first kappa shape index (κ1) is 13.8. The Labute approximate surface area is 113 Å². The van der Waals surface area contributed by atoms with Crippen molar-refractivity contribution >= 4 is 16.5 Å². The maximum atomic E-state index is 5.02. The summed E-state index contributed by atoms with van der Waals surface area (Å²) in [6, 6.07) is 0. The van der Waals surface area contributed by atoms with E-state index in [0.717, 1.165) is 43.0 Å². The fraction of sp³-hybridized carbons (Fsp3) is 0.769. The number of thiazole rings is 1. The van der Waals surface area contributed by atoms with Crippen LogP contribution in [0.4, 0.5) is 5.13 Å². The van der Waals surface area contributed by atoms with Crippen LogP contribution in [-0.2, 0) is 11.3 Å². The van der Waals surface area contributed by atoms with E-state index in [1.165, 1.54) is 17.7 Å². The molecule has 1 saturated carbocycles. The lowest BCUT2D eigenvalue weighted by atomic mass is 10.4. The van der Waals surface area contributed by atoms with Crippen LogP contribution in [0.15, 0.2) is 0 Å². The molecule has 1 N–H and O–H groups in total. The molecule has 1 aliphatic rings. The molecule has 1 fully saturated rings. The maximum absolute atomic E-state index is 5.02. The van der Waals surface area contributed by atoms with Crippen molar-refractivity contribution in [3.05, 3.63) is 10.6 Å². The van der Waals surface area contributed by atoms with E-state index in [4.69, 9.17) is 4.74 Å². The van der Waals surface area contributed by atoms with Gasteiger partial charge in [0.25, 0.3) is 0 Å². The Bertz CT molecular complexity index is 376. The first-order valence-electron chi connectivity index (χ1n) is 6.57. The van der Waals surface area contributed by atoms with E-state index in [1.54, 1.807) is 18.4 Å². The fourth-order valence-corrected chi connectivity index (χ4v) is 2.88. The summed E-state index contributed by atoms with van der Waals surface area (Å²) in [5, 5.41) is 4.53. The smallest absolute Gasteiger partial charge is 0.185 e. The van der Waals surface area contributed by atoms with Crippen LogP contribution in [0.1, 0.15) is 23.4 Å². The molecular weight excluding hydrogens is 246 g/mol. The summed E-state index contributed by atoms with van der Waals surface area (Å²) in [7, 11) is 3.88. The monoisotopic (exact) mass is 269 g/mol. The van der Waals surface area contributed by atoms with Gasteiger partial charge in [-0.1, -0.05) is 0 Å². The standard InChI is InChI=1S/C13H23N3OS/c1-10-12(8-14-6-7-17-3)18-13(15-10)16(2)9-11-4-5-11/h11,14H,4-9H2,1-3H3. The lowest BCUT2D eigenvalue weighted by molar-refractivity contribution is 0.199. The second-order valence-corrected chi connectivity index (χ2v) is 6.06. The van der Waals surface area contributed by atoms with Crippen molar-refractivity contribution in [3.8, 4) is 0 Å². The van der Waals surface area contributed by atoms with E-state index in [0.29, 0.717) is 0 Å². The van der Waals surface area contributed by atoms with Gasteiger partial charge in [0.2, 0.25) is 0 Å². The van der Waals surface area contributed by atoms with Gasteiger partial charge in [-0.05, 0) is 25.7 Å². The van der Waals surface area contributed by atoms with Gasteiger partial charge in [0.05, 0.1) is 12.3 Å². The van der Waals surface area contributed by atoms with Gasteiger partial charge >= 0.3 is 0 Å². The zero-order valence-corrected chi connectivity index (χ0v) is 12.3. The van der Waals surface area contributed by atoms with Crippen LogP contribution in [0.5, 0.6) is 0 Å². The average Bonchev–Trinajstić information content (AvgIpc) is 3.08. The quantitative estimate of drug-likeness (QED) is 0.733. The summed E-state index contributed by atoms with van der Waals surface area (Å²) < 4.78 is 5.02. The summed E-state index contributed by atoms with van der Waals surface area (Å²) in [4.78, 5) is 8.30. The van der Waals surface area contributed by atoms with E-state index in [2.05, 4.69) is 29.2 Å². The number of anilines is 1. The zero-order chi connectivity index (χ0) is 13.0. The van der Waals surface area contributed by atoms with Crippen LogP contribution in [0, 0.1) is 12.8 Å². The number of aromatic nitrogens is 1. The Kier molecular flexibility index (Phi) is 4.97.